The van der Waals surface area contributed by atoms with Crippen molar-refractivity contribution in [3.8, 4) is 11.1 Å². The van der Waals surface area contributed by atoms with E-state index in [0.717, 1.165) is 80.3 Å². The highest BCUT2D eigenvalue weighted by molar-refractivity contribution is 5.94. The third kappa shape index (κ3) is 7.06. The van der Waals surface area contributed by atoms with Crippen molar-refractivity contribution in [2.45, 2.75) is 96.9 Å². The Balaban J connectivity index is 1.33. The first-order valence-electron chi connectivity index (χ1n) is 15.7. The van der Waals surface area contributed by atoms with Crippen LogP contribution in [0.2, 0.25) is 0 Å². The van der Waals surface area contributed by atoms with Crippen molar-refractivity contribution in [1.82, 2.24) is 24.3 Å². The molecular weight excluding hydrogens is 528 g/mol. The molecule has 2 N–H and O–H groups in total. The number of nitrogens with zero attached hydrogens (tertiary/aromatic N) is 5. The van der Waals surface area contributed by atoms with Crippen LogP contribution in [0.4, 0.5) is 10.7 Å². The number of anilines is 1. The topological polar surface area (TPSA) is 95.8 Å². The molecule has 0 bridgehead atoms. The molecule has 2 aromatic heterocycles. The molecule has 42 heavy (non-hydrogen) atoms. The van der Waals surface area contributed by atoms with Crippen molar-refractivity contribution in [2.75, 3.05) is 38.0 Å². The van der Waals surface area contributed by atoms with Gasteiger partial charge in [0, 0.05) is 68.2 Å². The number of aliphatic hydroxyl groups is 1. The monoisotopic (exact) mass is 576 g/mol. The van der Waals surface area contributed by atoms with E-state index >= 15 is 0 Å². The SMILES string of the molecule is CCCCNc1ncc2c(-c3ccc(C(C)N4CCN(C(=O)OC(C)(C)C)CC4)cc3)cn(C3CCC(O)CC3)c2n1. The van der Waals surface area contributed by atoms with E-state index in [2.05, 4.69) is 64.1 Å². The van der Waals surface area contributed by atoms with Gasteiger partial charge in [0.2, 0.25) is 5.95 Å². The minimum absolute atomic E-state index is 0.196. The summed E-state index contributed by atoms with van der Waals surface area (Å²) in [6, 6.07) is 9.43. The minimum Gasteiger partial charge on any atom is -0.444 e. The van der Waals surface area contributed by atoms with E-state index in [9.17, 15) is 9.90 Å². The third-order valence-corrected chi connectivity index (χ3v) is 8.66. The number of benzene rings is 1. The Hall–Kier alpha value is -3.17. The van der Waals surface area contributed by atoms with Crippen molar-refractivity contribution >= 4 is 23.1 Å². The number of nitrogens with one attached hydrogen (secondary N) is 1. The summed E-state index contributed by atoms with van der Waals surface area (Å²) in [7, 11) is 0. The fraction of sp³-hybridized carbons (Fsp3) is 0.606. The lowest BCUT2D eigenvalue weighted by Crippen LogP contribution is -2.50. The highest BCUT2D eigenvalue weighted by Gasteiger charge is 2.28. The van der Waals surface area contributed by atoms with Crippen LogP contribution in [0.15, 0.2) is 36.7 Å². The maximum Gasteiger partial charge on any atom is 0.410 e. The van der Waals surface area contributed by atoms with Gasteiger partial charge in [0.1, 0.15) is 11.2 Å². The summed E-state index contributed by atoms with van der Waals surface area (Å²) < 4.78 is 7.88. The molecule has 1 aliphatic heterocycles. The quantitative estimate of drug-likeness (QED) is 0.300. The molecule has 1 aliphatic carbocycles. The predicted molar refractivity (Wildman–Crippen MR) is 168 cm³/mol. The van der Waals surface area contributed by atoms with E-state index in [0.29, 0.717) is 25.1 Å². The molecule has 1 amide bonds. The smallest absolute Gasteiger partial charge is 0.410 e. The van der Waals surface area contributed by atoms with Crippen molar-refractivity contribution < 1.29 is 14.6 Å². The lowest BCUT2D eigenvalue weighted by Gasteiger charge is -2.38. The highest BCUT2D eigenvalue weighted by Crippen LogP contribution is 2.37. The van der Waals surface area contributed by atoms with Gasteiger partial charge in [-0.1, -0.05) is 37.6 Å². The van der Waals surface area contributed by atoms with Gasteiger partial charge in [-0.2, -0.15) is 4.98 Å². The number of aliphatic hydroxyl groups excluding tert-OH is 1. The number of aromatic nitrogens is 3. The van der Waals surface area contributed by atoms with Crippen LogP contribution in [0.3, 0.4) is 0 Å². The first-order valence-corrected chi connectivity index (χ1v) is 15.7. The molecule has 5 rings (SSSR count). The minimum atomic E-state index is -0.478. The van der Waals surface area contributed by atoms with E-state index in [1.54, 1.807) is 0 Å². The number of piperazine rings is 1. The summed E-state index contributed by atoms with van der Waals surface area (Å²) in [4.78, 5) is 26.4. The molecule has 2 aliphatic rings. The molecule has 3 heterocycles. The lowest BCUT2D eigenvalue weighted by atomic mass is 9.93. The Morgan fingerprint density at radius 2 is 1.79 bits per heavy atom. The second-order valence-electron chi connectivity index (χ2n) is 12.9. The average Bonchev–Trinajstić information content (AvgIpc) is 3.35. The van der Waals surface area contributed by atoms with Crippen molar-refractivity contribution in [3.05, 3.63) is 42.2 Å². The summed E-state index contributed by atoms with van der Waals surface area (Å²) in [5.41, 5.74) is 4.03. The van der Waals surface area contributed by atoms with Gasteiger partial charge >= 0.3 is 6.09 Å². The number of ether oxygens (including phenoxy) is 1. The Kier molecular flexibility index (Phi) is 9.38. The number of carbonyl (C=O) groups excluding carboxylic acids is 1. The van der Waals surface area contributed by atoms with Gasteiger partial charge < -0.3 is 24.6 Å². The number of amides is 1. The van der Waals surface area contributed by atoms with Gasteiger partial charge in [0.25, 0.3) is 0 Å². The predicted octanol–water partition coefficient (Wildman–Crippen LogP) is 6.40. The normalized spacial score (nSPS) is 21.0. The van der Waals surface area contributed by atoms with Gasteiger partial charge in [-0.25, -0.2) is 9.78 Å². The zero-order valence-electron chi connectivity index (χ0n) is 26.0. The van der Waals surface area contributed by atoms with Gasteiger partial charge in [0.15, 0.2) is 0 Å². The summed E-state index contributed by atoms with van der Waals surface area (Å²) in [6.07, 6.45) is 9.53. The molecule has 0 radical (unpaired) electrons. The van der Waals surface area contributed by atoms with Crippen LogP contribution in [0, 0.1) is 0 Å². The van der Waals surface area contributed by atoms with Gasteiger partial charge in [-0.05, 0) is 70.9 Å². The van der Waals surface area contributed by atoms with Gasteiger partial charge in [-0.3, -0.25) is 4.90 Å². The van der Waals surface area contributed by atoms with Crippen LogP contribution in [0.5, 0.6) is 0 Å². The zero-order valence-corrected chi connectivity index (χ0v) is 26.0. The van der Waals surface area contributed by atoms with Crippen molar-refractivity contribution in [1.29, 1.82) is 0 Å². The summed E-state index contributed by atoms with van der Waals surface area (Å²) in [6.45, 7) is 14.0. The van der Waals surface area contributed by atoms with Crippen LogP contribution in [0.25, 0.3) is 22.2 Å². The molecule has 1 saturated carbocycles. The third-order valence-electron chi connectivity index (χ3n) is 8.66. The molecule has 0 spiro atoms. The molecule has 3 aromatic rings. The number of carbonyl (C=O) groups is 1. The van der Waals surface area contributed by atoms with E-state index in [4.69, 9.17) is 9.72 Å². The number of hydrogen-bond donors (Lipinski definition) is 2. The Morgan fingerprint density at radius 3 is 2.43 bits per heavy atom. The number of fused-ring (bicyclic) bond motifs is 1. The van der Waals surface area contributed by atoms with Crippen molar-refractivity contribution in [3.63, 3.8) is 0 Å². The fourth-order valence-corrected chi connectivity index (χ4v) is 6.11. The summed E-state index contributed by atoms with van der Waals surface area (Å²) in [5, 5.41) is 14.5. The molecular formula is C33H48N6O3. The largest absolute Gasteiger partial charge is 0.444 e. The first-order chi connectivity index (χ1) is 20.1. The summed E-state index contributed by atoms with van der Waals surface area (Å²) in [5.74, 6) is 0.675. The maximum atomic E-state index is 12.5. The fourth-order valence-electron chi connectivity index (χ4n) is 6.11. The zero-order chi connectivity index (χ0) is 29.9. The molecule has 9 nitrogen and oxygen atoms in total. The molecule has 1 aromatic carbocycles. The van der Waals surface area contributed by atoms with E-state index in [1.807, 2.05) is 31.9 Å². The number of rotatable bonds is 8. The number of hydrogen-bond acceptors (Lipinski definition) is 7. The van der Waals surface area contributed by atoms with Crippen LogP contribution in [-0.2, 0) is 4.74 Å². The second kappa shape index (κ2) is 13.0. The van der Waals surface area contributed by atoms with Gasteiger partial charge in [0.05, 0.1) is 6.10 Å². The highest BCUT2D eigenvalue weighted by atomic mass is 16.6. The van der Waals surface area contributed by atoms with Crippen molar-refractivity contribution in [2.24, 2.45) is 0 Å². The molecule has 2 fully saturated rings. The molecule has 1 atom stereocenters. The summed E-state index contributed by atoms with van der Waals surface area (Å²) >= 11 is 0. The standard InChI is InChI=1S/C33H48N6O3/c1-6-7-16-34-31-35-21-28-29(22-39(30(28)36-31)26-12-14-27(40)15-13-26)25-10-8-24(9-11-25)23(2)37-17-19-38(20-18-37)32(41)42-33(3,4)5/h8-11,21-23,26-27,40H,6-7,12-20H2,1-5H3,(H,34,35,36). The van der Waals surface area contributed by atoms with E-state index < -0.39 is 5.60 Å². The lowest BCUT2D eigenvalue weighted by molar-refractivity contribution is 0.0110. The maximum absolute atomic E-state index is 12.5. The number of unbranched alkanes of at least 4 members (excludes halogenated alkanes) is 1. The van der Waals surface area contributed by atoms with Crippen LogP contribution in [0.1, 0.15) is 90.8 Å². The van der Waals surface area contributed by atoms with Crippen LogP contribution >= 0.6 is 0 Å². The second-order valence-corrected chi connectivity index (χ2v) is 12.9. The van der Waals surface area contributed by atoms with Gasteiger partial charge in [-0.15, -0.1) is 0 Å². The average molecular weight is 577 g/mol. The molecule has 1 unspecified atom stereocenters. The Labute approximate surface area is 250 Å². The van der Waals surface area contributed by atoms with Crippen LogP contribution in [-0.4, -0.2) is 80.0 Å². The first kappa shape index (κ1) is 30.3. The Bertz CT molecular complexity index is 1330. The van der Waals surface area contributed by atoms with Crippen LogP contribution < -0.4 is 5.32 Å². The van der Waals surface area contributed by atoms with E-state index in [-0.39, 0.29) is 18.2 Å². The Morgan fingerprint density at radius 1 is 1.10 bits per heavy atom. The molecule has 1 saturated heterocycles. The van der Waals surface area contributed by atoms with E-state index in [1.165, 1.54) is 5.56 Å². The molecule has 9 heteroatoms. The molecule has 228 valence electrons.